The number of methoxy groups -OCH3 is 1. The number of benzene rings is 1. The van der Waals surface area contributed by atoms with E-state index in [-0.39, 0.29) is 12.5 Å². The Morgan fingerprint density at radius 1 is 1.47 bits per heavy atom. The van der Waals surface area contributed by atoms with Crippen molar-refractivity contribution in [3.63, 3.8) is 0 Å². The molecule has 0 spiro atoms. The van der Waals surface area contributed by atoms with E-state index in [0.717, 1.165) is 0 Å². The van der Waals surface area contributed by atoms with Crippen LogP contribution in [0.4, 0.5) is 5.69 Å². The fraction of sp³-hybridized carbons (Fsp3) is 0.429. The Morgan fingerprint density at radius 2 is 2.21 bits per heavy atom. The Kier molecular flexibility index (Phi) is 5.68. The number of hydrogen-bond acceptors (Lipinski definition) is 4. The fourth-order valence-corrected chi connectivity index (χ4v) is 1.46. The highest BCUT2D eigenvalue weighted by Gasteiger charge is 2.06. The highest BCUT2D eigenvalue weighted by molar-refractivity contribution is 5.81. The Bertz CT molecular complexity index is 478. The van der Waals surface area contributed by atoms with E-state index in [1.54, 1.807) is 18.2 Å². The van der Waals surface area contributed by atoms with E-state index in [2.05, 4.69) is 10.6 Å². The smallest absolute Gasteiger partial charge is 0.239 e. The molecule has 1 aromatic carbocycles. The second-order valence-corrected chi connectivity index (χ2v) is 4.58. The van der Waals surface area contributed by atoms with E-state index < -0.39 is 0 Å². The van der Waals surface area contributed by atoms with E-state index in [4.69, 9.17) is 10.00 Å². The van der Waals surface area contributed by atoms with Crippen molar-refractivity contribution in [2.24, 2.45) is 5.92 Å². The number of carbonyl (C=O) groups excluding carboxylic acids is 1. The van der Waals surface area contributed by atoms with Gasteiger partial charge in [0.15, 0.2) is 0 Å². The van der Waals surface area contributed by atoms with Crippen LogP contribution < -0.4 is 15.4 Å². The molecule has 0 unspecified atom stereocenters. The van der Waals surface area contributed by atoms with Crippen molar-refractivity contribution in [3.05, 3.63) is 23.8 Å². The van der Waals surface area contributed by atoms with Gasteiger partial charge in [-0.05, 0) is 18.1 Å². The third kappa shape index (κ3) is 4.88. The third-order valence-electron chi connectivity index (χ3n) is 2.48. The van der Waals surface area contributed by atoms with Gasteiger partial charge in [0.2, 0.25) is 5.91 Å². The summed E-state index contributed by atoms with van der Waals surface area (Å²) in [5.41, 5.74) is 1.22. The minimum atomic E-state index is -0.0693. The predicted molar refractivity (Wildman–Crippen MR) is 74.0 cm³/mol. The van der Waals surface area contributed by atoms with Gasteiger partial charge in [0.05, 0.1) is 31.0 Å². The summed E-state index contributed by atoms with van der Waals surface area (Å²) in [7, 11) is 1.53. The van der Waals surface area contributed by atoms with Gasteiger partial charge in [-0.1, -0.05) is 13.8 Å². The first-order valence-corrected chi connectivity index (χ1v) is 6.15. The molecule has 1 amide bonds. The van der Waals surface area contributed by atoms with Crippen LogP contribution in [0.1, 0.15) is 19.4 Å². The number of nitriles is 1. The molecule has 0 heterocycles. The molecule has 0 fully saturated rings. The van der Waals surface area contributed by atoms with E-state index in [1.165, 1.54) is 7.11 Å². The molecule has 0 radical (unpaired) electrons. The quantitative estimate of drug-likeness (QED) is 0.818. The first-order valence-electron chi connectivity index (χ1n) is 6.15. The second kappa shape index (κ2) is 7.27. The van der Waals surface area contributed by atoms with Gasteiger partial charge in [0.25, 0.3) is 0 Å². The zero-order valence-corrected chi connectivity index (χ0v) is 11.5. The number of nitrogens with one attached hydrogen (secondary N) is 2. The van der Waals surface area contributed by atoms with Crippen LogP contribution in [0.3, 0.4) is 0 Å². The van der Waals surface area contributed by atoms with Crippen LogP contribution in [0.15, 0.2) is 18.2 Å². The van der Waals surface area contributed by atoms with Gasteiger partial charge in [0, 0.05) is 12.6 Å². The normalized spacial score (nSPS) is 9.84. The summed E-state index contributed by atoms with van der Waals surface area (Å²) in [6.45, 7) is 4.91. The van der Waals surface area contributed by atoms with Crippen LogP contribution in [-0.2, 0) is 4.79 Å². The van der Waals surface area contributed by atoms with Crippen molar-refractivity contribution in [2.45, 2.75) is 13.8 Å². The Labute approximate surface area is 113 Å². The fourth-order valence-electron chi connectivity index (χ4n) is 1.46. The number of carbonyl (C=O) groups is 1. The van der Waals surface area contributed by atoms with Crippen molar-refractivity contribution in [1.82, 2.24) is 5.32 Å². The van der Waals surface area contributed by atoms with Crippen molar-refractivity contribution < 1.29 is 9.53 Å². The van der Waals surface area contributed by atoms with Crippen LogP contribution >= 0.6 is 0 Å². The molecule has 102 valence electrons. The lowest BCUT2D eigenvalue weighted by Gasteiger charge is -2.12. The molecular formula is C14H19N3O2. The van der Waals surface area contributed by atoms with Crippen molar-refractivity contribution in [1.29, 1.82) is 5.26 Å². The maximum absolute atomic E-state index is 11.6. The molecule has 0 atom stereocenters. The molecule has 0 saturated heterocycles. The molecule has 5 heteroatoms. The molecule has 1 aromatic rings. The average Bonchev–Trinajstić information content (AvgIpc) is 2.42. The SMILES string of the molecule is COc1cc(C#N)ccc1NCC(=O)NCC(C)C. The van der Waals surface area contributed by atoms with Gasteiger partial charge in [0.1, 0.15) is 5.75 Å². The van der Waals surface area contributed by atoms with E-state index in [0.29, 0.717) is 29.5 Å². The summed E-state index contributed by atoms with van der Waals surface area (Å²) < 4.78 is 5.17. The van der Waals surface area contributed by atoms with Crippen LogP contribution in [0.2, 0.25) is 0 Å². The van der Waals surface area contributed by atoms with Crippen LogP contribution in [0.5, 0.6) is 5.75 Å². The monoisotopic (exact) mass is 261 g/mol. The van der Waals surface area contributed by atoms with Gasteiger partial charge < -0.3 is 15.4 Å². The predicted octanol–water partition coefficient (Wildman–Crippen LogP) is 1.75. The lowest BCUT2D eigenvalue weighted by molar-refractivity contribution is -0.119. The lowest BCUT2D eigenvalue weighted by atomic mass is 10.2. The maximum atomic E-state index is 11.6. The van der Waals surface area contributed by atoms with E-state index >= 15 is 0 Å². The summed E-state index contributed by atoms with van der Waals surface area (Å²) in [5.74, 6) is 0.907. The van der Waals surface area contributed by atoms with Gasteiger partial charge >= 0.3 is 0 Å². The molecule has 0 aliphatic heterocycles. The van der Waals surface area contributed by atoms with E-state index in [9.17, 15) is 4.79 Å². The van der Waals surface area contributed by atoms with Crippen molar-refractivity contribution in [2.75, 3.05) is 25.5 Å². The molecule has 0 saturated carbocycles. The van der Waals surface area contributed by atoms with Crippen LogP contribution in [0.25, 0.3) is 0 Å². The van der Waals surface area contributed by atoms with Gasteiger partial charge in [-0.3, -0.25) is 4.79 Å². The van der Waals surface area contributed by atoms with Crippen molar-refractivity contribution in [3.8, 4) is 11.8 Å². The lowest BCUT2D eigenvalue weighted by Crippen LogP contribution is -2.32. The zero-order chi connectivity index (χ0) is 14.3. The Balaban J connectivity index is 2.58. The third-order valence-corrected chi connectivity index (χ3v) is 2.48. The summed E-state index contributed by atoms with van der Waals surface area (Å²) in [6, 6.07) is 7.08. The molecule has 0 aromatic heterocycles. The van der Waals surface area contributed by atoms with Crippen LogP contribution in [-0.4, -0.2) is 26.1 Å². The molecule has 1 rings (SSSR count). The average molecular weight is 261 g/mol. The van der Waals surface area contributed by atoms with Crippen molar-refractivity contribution >= 4 is 11.6 Å². The highest BCUT2D eigenvalue weighted by Crippen LogP contribution is 2.24. The summed E-state index contributed by atoms with van der Waals surface area (Å²) >= 11 is 0. The molecular weight excluding hydrogens is 242 g/mol. The first kappa shape index (κ1) is 14.8. The maximum Gasteiger partial charge on any atom is 0.239 e. The largest absolute Gasteiger partial charge is 0.495 e. The van der Waals surface area contributed by atoms with Crippen LogP contribution in [0, 0.1) is 17.2 Å². The molecule has 2 N–H and O–H groups in total. The minimum absolute atomic E-state index is 0.0693. The first-order chi connectivity index (χ1) is 9.06. The molecule has 19 heavy (non-hydrogen) atoms. The summed E-state index contributed by atoms with van der Waals surface area (Å²) in [6.07, 6.45) is 0. The number of anilines is 1. The Hall–Kier alpha value is -2.22. The summed E-state index contributed by atoms with van der Waals surface area (Å²) in [4.78, 5) is 11.6. The summed E-state index contributed by atoms with van der Waals surface area (Å²) in [5, 5.41) is 14.6. The van der Waals surface area contributed by atoms with Gasteiger partial charge in [-0.2, -0.15) is 5.26 Å². The van der Waals surface area contributed by atoms with Gasteiger partial charge in [-0.25, -0.2) is 0 Å². The molecule has 0 aliphatic rings. The number of hydrogen-bond donors (Lipinski definition) is 2. The zero-order valence-electron chi connectivity index (χ0n) is 11.5. The van der Waals surface area contributed by atoms with Gasteiger partial charge in [-0.15, -0.1) is 0 Å². The number of nitrogens with zero attached hydrogens (tertiary/aromatic N) is 1. The molecule has 5 nitrogen and oxygen atoms in total. The minimum Gasteiger partial charge on any atom is -0.495 e. The topological polar surface area (TPSA) is 74.1 Å². The molecule has 0 aliphatic carbocycles. The number of rotatable bonds is 6. The number of amides is 1. The highest BCUT2D eigenvalue weighted by atomic mass is 16.5. The van der Waals surface area contributed by atoms with E-state index in [1.807, 2.05) is 19.9 Å². The second-order valence-electron chi connectivity index (χ2n) is 4.58. The Morgan fingerprint density at radius 3 is 2.79 bits per heavy atom. The number of ether oxygens (including phenoxy) is 1. The standard InChI is InChI=1S/C14H19N3O2/c1-10(2)8-17-14(18)9-16-12-5-4-11(7-15)6-13(12)19-3/h4-6,10,16H,8-9H2,1-3H3,(H,17,18). The molecule has 0 bridgehead atoms.